The van der Waals surface area contributed by atoms with E-state index < -0.39 is 11.8 Å². The lowest BCUT2D eigenvalue weighted by Gasteiger charge is -2.16. The zero-order valence-corrected chi connectivity index (χ0v) is 16.8. The average molecular weight is 400 g/mol. The largest absolute Gasteiger partial charge is 0.358 e. The van der Waals surface area contributed by atoms with E-state index in [1.807, 2.05) is 30.3 Å². The van der Waals surface area contributed by atoms with Crippen molar-refractivity contribution >= 4 is 32.9 Å². The lowest BCUT2D eigenvalue weighted by atomic mass is 9.85. The number of Topliss-reactive ketones (excluding diaryl/α,β-unsaturated/α-hetero) is 1. The minimum absolute atomic E-state index is 0.0575. The minimum Gasteiger partial charge on any atom is -0.358 e. The van der Waals surface area contributed by atoms with Crippen LogP contribution < -0.4 is 5.32 Å². The Balaban J connectivity index is 1.89. The van der Waals surface area contributed by atoms with Gasteiger partial charge in [0.2, 0.25) is 11.8 Å². The van der Waals surface area contributed by atoms with Gasteiger partial charge in [0.05, 0.1) is 18.4 Å². The molecule has 2 aliphatic heterocycles. The Bertz CT molecular complexity index is 836. The van der Waals surface area contributed by atoms with Gasteiger partial charge in [0.15, 0.2) is 5.78 Å². The van der Waals surface area contributed by atoms with Crippen molar-refractivity contribution in [2.75, 3.05) is 31.6 Å². The maximum Gasteiger partial charge on any atom is 0.239 e. The maximum atomic E-state index is 13.3. The molecule has 2 fully saturated rings. The smallest absolute Gasteiger partial charge is 0.239 e. The number of amides is 2. The molecule has 0 bridgehead atoms. The highest BCUT2D eigenvalue weighted by atomic mass is 32.2. The molecule has 0 aliphatic carbocycles. The Kier molecular flexibility index (Phi) is 6.63. The first-order valence-corrected chi connectivity index (χ1v) is 11.1. The molecule has 2 amide bonds. The summed E-state index contributed by atoms with van der Waals surface area (Å²) in [6, 6.07) is 11.7. The zero-order valence-electron chi connectivity index (χ0n) is 16.0. The van der Waals surface area contributed by atoms with Crippen LogP contribution in [0.4, 0.5) is 0 Å². The minimum atomic E-state index is -0.569. The van der Waals surface area contributed by atoms with Crippen molar-refractivity contribution in [2.24, 2.45) is 11.8 Å². The van der Waals surface area contributed by atoms with E-state index >= 15 is 0 Å². The number of nitrogens with zero attached hydrogens (tertiary/aromatic N) is 2. The van der Waals surface area contributed by atoms with Crippen LogP contribution in [0.5, 0.6) is 0 Å². The molecular formula is C21H25N3O3S. The highest BCUT2D eigenvalue weighted by molar-refractivity contribution is 8.17. The van der Waals surface area contributed by atoms with Crippen LogP contribution >= 0.6 is 10.5 Å². The summed E-state index contributed by atoms with van der Waals surface area (Å²) in [7, 11) is 1.23. The number of rotatable bonds is 6. The third kappa shape index (κ3) is 4.33. The third-order valence-corrected chi connectivity index (χ3v) is 7.86. The highest BCUT2D eigenvalue weighted by Crippen LogP contribution is 2.33. The van der Waals surface area contributed by atoms with Crippen molar-refractivity contribution in [3.05, 3.63) is 35.9 Å². The van der Waals surface area contributed by atoms with Crippen molar-refractivity contribution < 1.29 is 14.4 Å². The molecule has 1 N–H and O–H groups in total. The number of likely N-dealkylation sites (tertiary alicyclic amines) is 1. The normalized spacial score (nSPS) is 22.1. The van der Waals surface area contributed by atoms with Crippen LogP contribution in [-0.4, -0.2) is 59.0 Å². The van der Waals surface area contributed by atoms with Gasteiger partial charge in [-0.1, -0.05) is 30.3 Å². The van der Waals surface area contributed by atoms with E-state index in [0.717, 1.165) is 29.9 Å². The monoisotopic (exact) mass is 399 g/mol. The second-order valence-electron chi connectivity index (χ2n) is 7.21. The molecule has 0 aromatic heterocycles. The number of hydrogen-bond acceptors (Lipinski definition) is 4. The van der Waals surface area contributed by atoms with Gasteiger partial charge in [0.1, 0.15) is 10.9 Å². The van der Waals surface area contributed by atoms with Gasteiger partial charge in [0.25, 0.3) is 0 Å². The third-order valence-electron chi connectivity index (χ3n) is 5.43. The number of likely N-dealkylation sites (N-methyl/N-ethyl adjacent to an activating group) is 1. The van der Waals surface area contributed by atoms with Crippen LogP contribution in [0.2, 0.25) is 0 Å². The second kappa shape index (κ2) is 9.16. The molecule has 6 nitrogen and oxygen atoms in total. The summed E-state index contributed by atoms with van der Waals surface area (Å²) < 4.78 is 0. The zero-order chi connectivity index (χ0) is 20.1. The van der Waals surface area contributed by atoms with Crippen LogP contribution in [0, 0.1) is 23.2 Å². The fourth-order valence-electron chi connectivity index (χ4n) is 3.91. The second-order valence-corrected chi connectivity index (χ2v) is 9.42. The van der Waals surface area contributed by atoms with E-state index in [0.29, 0.717) is 11.3 Å². The van der Waals surface area contributed by atoms with Gasteiger partial charge in [0, 0.05) is 13.6 Å². The van der Waals surface area contributed by atoms with Gasteiger partial charge in [-0.25, -0.2) is 0 Å². The van der Waals surface area contributed by atoms with Gasteiger partial charge in [-0.15, -0.1) is 0 Å². The van der Waals surface area contributed by atoms with E-state index in [1.54, 1.807) is 0 Å². The summed E-state index contributed by atoms with van der Waals surface area (Å²) in [5.41, 5.74) is 0.974. The number of carbonyl (C=O) groups is 3. The first-order chi connectivity index (χ1) is 13.5. The van der Waals surface area contributed by atoms with E-state index in [-0.39, 0.29) is 41.2 Å². The molecule has 7 heteroatoms. The summed E-state index contributed by atoms with van der Waals surface area (Å²) in [5.74, 6) is 0.0388. The quantitative estimate of drug-likeness (QED) is 0.732. The van der Waals surface area contributed by atoms with Gasteiger partial charge < -0.3 is 10.2 Å². The van der Waals surface area contributed by atoms with Gasteiger partial charge in [-0.3, -0.25) is 14.4 Å². The van der Waals surface area contributed by atoms with E-state index in [2.05, 4.69) is 11.4 Å². The number of ketones is 1. The highest BCUT2D eigenvalue weighted by Gasteiger charge is 2.45. The molecule has 0 spiro atoms. The summed E-state index contributed by atoms with van der Waals surface area (Å²) in [4.78, 5) is 39.9. The Morgan fingerprint density at radius 3 is 2.54 bits per heavy atom. The summed E-state index contributed by atoms with van der Waals surface area (Å²) in [6.07, 6.45) is 2.52. The number of nitrogens with one attached hydrogen (secondary N) is 1. The lowest BCUT2D eigenvalue weighted by Crippen LogP contribution is -2.37. The molecule has 2 heterocycles. The molecule has 28 heavy (non-hydrogen) atoms. The Morgan fingerprint density at radius 1 is 1.25 bits per heavy atom. The molecule has 148 valence electrons. The van der Waals surface area contributed by atoms with Gasteiger partial charge in [-0.2, -0.15) is 15.7 Å². The number of hydrogen-bond donors (Lipinski definition) is 1. The van der Waals surface area contributed by atoms with Crippen molar-refractivity contribution in [1.29, 1.82) is 5.26 Å². The Morgan fingerprint density at radius 2 is 1.93 bits per heavy atom. The maximum absolute atomic E-state index is 13.3. The Labute approximate surface area is 167 Å². The van der Waals surface area contributed by atoms with Gasteiger partial charge in [-0.05, 0) is 36.3 Å². The standard InChI is InChI=1S/C21H25N3O3S/c1-23-19(25)14-24-13-17(20(26)18(12-22)28-9-5-6-10-28)16(21(24)27)11-15-7-3-2-4-8-15/h2-4,7-8,16-17H,5-6,9-11,13-14H2,1H3,(H,23,25)/t16-,17+/m1/s1. The molecule has 0 unspecified atom stereocenters. The summed E-state index contributed by atoms with van der Waals surface area (Å²) in [6.45, 7) is 0.142. The topological polar surface area (TPSA) is 90.3 Å². The van der Waals surface area contributed by atoms with Gasteiger partial charge >= 0.3 is 0 Å². The molecule has 2 atom stereocenters. The van der Waals surface area contributed by atoms with E-state index in [4.69, 9.17) is 0 Å². The SMILES string of the molecule is CNC(=O)CN1C[C@H](C(=O)C(C#N)=S2CCCC2)[C@@H](Cc2ccccc2)C1=O. The fraction of sp³-hybridized carbons (Fsp3) is 0.476. The molecule has 0 radical (unpaired) electrons. The lowest BCUT2D eigenvalue weighted by molar-refractivity contribution is -0.135. The summed E-state index contributed by atoms with van der Waals surface area (Å²) in [5, 5.41) is 12.2. The number of benzene rings is 1. The first kappa shape index (κ1) is 20.3. The van der Waals surface area contributed by atoms with Crippen LogP contribution in [-0.2, 0) is 20.8 Å². The fourth-order valence-corrected chi connectivity index (χ4v) is 6.19. The molecule has 2 saturated heterocycles. The van der Waals surface area contributed by atoms with Crippen LogP contribution in [0.1, 0.15) is 18.4 Å². The number of carbonyl (C=O) groups excluding carboxylic acids is 3. The van der Waals surface area contributed by atoms with E-state index in [9.17, 15) is 19.6 Å². The first-order valence-electron chi connectivity index (χ1n) is 9.57. The van der Waals surface area contributed by atoms with Crippen molar-refractivity contribution in [2.45, 2.75) is 19.3 Å². The number of nitriles is 1. The molecule has 0 saturated carbocycles. The Hall–Kier alpha value is -2.46. The van der Waals surface area contributed by atoms with Crippen molar-refractivity contribution in [3.8, 4) is 6.07 Å². The average Bonchev–Trinajstić information content (AvgIpc) is 3.33. The summed E-state index contributed by atoms with van der Waals surface area (Å²) >= 11 is 0. The predicted octanol–water partition coefficient (Wildman–Crippen LogP) is 1.38. The molecule has 3 rings (SSSR count). The van der Waals surface area contributed by atoms with Crippen LogP contribution in [0.25, 0.3) is 0 Å². The molecule has 1 aromatic rings. The van der Waals surface area contributed by atoms with Crippen LogP contribution in [0.15, 0.2) is 30.3 Å². The molecule has 2 aliphatic rings. The van der Waals surface area contributed by atoms with Crippen LogP contribution in [0.3, 0.4) is 0 Å². The van der Waals surface area contributed by atoms with Crippen molar-refractivity contribution in [1.82, 2.24) is 10.2 Å². The molecule has 1 aromatic carbocycles. The predicted molar refractivity (Wildman–Crippen MR) is 110 cm³/mol. The molecular weight excluding hydrogens is 374 g/mol. The van der Waals surface area contributed by atoms with Crippen molar-refractivity contribution in [3.63, 3.8) is 0 Å². The van der Waals surface area contributed by atoms with E-state index in [1.165, 1.54) is 11.9 Å².